The number of carbonyl (C=O) groups is 4. The van der Waals surface area contributed by atoms with Crippen LogP contribution in [0, 0.1) is 0 Å². The Labute approximate surface area is 594 Å². The van der Waals surface area contributed by atoms with Gasteiger partial charge < -0.3 is 85.2 Å². The summed E-state index contributed by atoms with van der Waals surface area (Å²) in [6.45, 7) is 30.3. The van der Waals surface area contributed by atoms with Crippen LogP contribution in [-0.2, 0) is 66.5 Å². The molecule has 104 heavy (non-hydrogen) atoms. The molecule has 4 aromatic carbocycles. The highest BCUT2D eigenvalue weighted by molar-refractivity contribution is 5.77. The fraction of sp³-hybridized carbons (Fsp3) is 0.529. The minimum atomic E-state index is -5.08. The maximum atomic E-state index is 10.6. The van der Waals surface area contributed by atoms with E-state index in [2.05, 4.69) is 152 Å². The van der Waals surface area contributed by atoms with Gasteiger partial charge >= 0.3 is 48.6 Å². The summed E-state index contributed by atoms with van der Waals surface area (Å²) in [7, 11) is 0. The number of hydrogen-bond donors (Lipinski definition) is 12. The van der Waals surface area contributed by atoms with Gasteiger partial charge in [-0.1, -0.05) is 132 Å². The molecule has 0 fully saturated rings. The van der Waals surface area contributed by atoms with Crippen LogP contribution in [0.3, 0.4) is 0 Å². The predicted octanol–water partition coefficient (Wildman–Crippen LogP) is 10.3. The standard InChI is InChI=1S/C60H92N12O4.4C2HF3O2/c1-57(2,3)45-29-37-25-39-31-46(58(4,5)6)33-41(50(39)74-22-14-18-70-54(63)64)27-43-35-48(60(10,11)12)36-44(52(43)76-24-16-20-72-56(67)68)28-42-34-47(59(7,8)9)32-40(51(42)75-23-15-19-71-55(65)66)26-38(30-45)49(37)73-21-13-17-69-53(61)62;4*3-2(4,5)1(6)7/h29-36H,13-28H2,1-12H3,(H4,61,62,69)(H4,63,64,70)(H4,65,66,71)(H4,67,68,72);4*(H,6,7). The Morgan fingerprint density at radius 1 is 0.308 bits per heavy atom. The van der Waals surface area contributed by atoms with E-state index in [9.17, 15) is 52.7 Å². The second-order valence-corrected chi connectivity index (χ2v) is 27.4. The van der Waals surface area contributed by atoms with Crippen molar-refractivity contribution in [2.45, 2.75) is 181 Å². The third-order valence-corrected chi connectivity index (χ3v) is 14.3. The number of alkyl halides is 12. The van der Waals surface area contributed by atoms with Gasteiger partial charge in [-0.3, -0.25) is 20.0 Å². The second kappa shape index (κ2) is 39.2. The molecule has 24 nitrogen and oxygen atoms in total. The molecule has 0 heterocycles. The van der Waals surface area contributed by atoms with Crippen molar-refractivity contribution in [2.75, 3.05) is 52.6 Å². The van der Waals surface area contributed by atoms with E-state index in [0.29, 0.717) is 104 Å². The monoisotopic (exact) mass is 1500 g/mol. The molecule has 0 atom stereocenters. The fourth-order valence-corrected chi connectivity index (χ4v) is 9.15. The Kier molecular flexibility index (Phi) is 34.7. The summed E-state index contributed by atoms with van der Waals surface area (Å²) >= 11 is 0. The summed E-state index contributed by atoms with van der Waals surface area (Å²) in [5.74, 6) is -7.60. The van der Waals surface area contributed by atoms with Crippen LogP contribution >= 0.6 is 0 Å². The van der Waals surface area contributed by atoms with E-state index in [1.54, 1.807) is 0 Å². The van der Waals surface area contributed by atoms with Crippen LogP contribution in [0.1, 0.15) is 176 Å². The molecule has 0 amide bonds. The lowest BCUT2D eigenvalue weighted by atomic mass is 9.79. The van der Waals surface area contributed by atoms with E-state index in [-0.39, 0.29) is 45.5 Å². The Balaban J connectivity index is 0.00000161. The van der Waals surface area contributed by atoms with E-state index in [1.165, 1.54) is 22.3 Å². The average Bonchev–Trinajstić information content (AvgIpc) is 0.764. The third-order valence-electron chi connectivity index (χ3n) is 14.3. The van der Waals surface area contributed by atoms with Crippen molar-refractivity contribution in [3.63, 3.8) is 0 Å². The maximum absolute atomic E-state index is 10.6. The lowest BCUT2D eigenvalue weighted by Gasteiger charge is -2.29. The summed E-state index contributed by atoms with van der Waals surface area (Å²) < 4.78 is 155. The minimum absolute atomic E-state index is 0.0482. The molecule has 0 aliphatic heterocycles. The van der Waals surface area contributed by atoms with Crippen LogP contribution in [0.5, 0.6) is 23.0 Å². The lowest BCUT2D eigenvalue weighted by molar-refractivity contribution is -0.193. The van der Waals surface area contributed by atoms with Gasteiger partial charge in [-0.25, -0.2) is 19.2 Å². The van der Waals surface area contributed by atoms with Crippen LogP contribution in [0.2, 0.25) is 0 Å². The van der Waals surface area contributed by atoms with Crippen molar-refractivity contribution in [2.24, 2.45) is 65.8 Å². The molecule has 0 unspecified atom stereocenters. The SMILES string of the molecule is CC(C)(C)c1cc2c(OCCCN=C(N)N)c(c1)Cc1cc(C(C)(C)C)cc(c1OCCCN=C(N)N)Cc1cc(C(C)(C)C)cc(c1OCCCN=C(N)N)Cc1cc(C(C)(C)C)cc(c1OCCCN=C(N)N)C2.O=C(O)C(F)(F)F.O=C(O)C(F)(F)F.O=C(O)C(F)(F)F.O=C(O)C(F)(F)F. The number of fused-ring (bicyclic) bond motifs is 8. The van der Waals surface area contributed by atoms with E-state index >= 15 is 0 Å². The molecule has 584 valence electrons. The minimum Gasteiger partial charge on any atom is -0.493 e. The number of nitrogens with two attached hydrogens (primary N) is 8. The van der Waals surface area contributed by atoms with Crippen LogP contribution < -0.4 is 64.8 Å². The van der Waals surface area contributed by atoms with Crippen LogP contribution in [0.4, 0.5) is 52.7 Å². The molecule has 0 aromatic heterocycles. The highest BCUT2D eigenvalue weighted by Crippen LogP contribution is 2.45. The quantitative estimate of drug-likeness (QED) is 0.0149. The number of carboxylic acid groups (broad SMARTS) is 4. The van der Waals surface area contributed by atoms with Crippen molar-refractivity contribution in [3.8, 4) is 23.0 Å². The number of halogens is 12. The fourth-order valence-electron chi connectivity index (χ4n) is 9.15. The molecule has 8 bridgehead atoms. The Hall–Kier alpha value is -9.80. The van der Waals surface area contributed by atoms with E-state index in [0.717, 1.165) is 67.5 Å². The number of ether oxygens (including phenoxy) is 4. The van der Waals surface area contributed by atoms with Crippen molar-refractivity contribution < 1.29 is 111 Å². The average molecular weight is 1500 g/mol. The number of aliphatic carboxylic acids is 4. The van der Waals surface area contributed by atoms with Gasteiger partial charge in [0.15, 0.2) is 23.8 Å². The van der Waals surface area contributed by atoms with Gasteiger partial charge in [0.1, 0.15) is 23.0 Å². The van der Waals surface area contributed by atoms with Crippen molar-refractivity contribution in [1.82, 2.24) is 0 Å². The molecular formula is C68H96F12N12O12. The smallest absolute Gasteiger partial charge is 0.490 e. The summed E-state index contributed by atoms with van der Waals surface area (Å²) in [5.41, 5.74) is 58.3. The first-order valence-electron chi connectivity index (χ1n) is 31.9. The number of guanidine groups is 4. The molecule has 0 spiro atoms. The Bertz CT molecular complexity index is 3080. The zero-order valence-electron chi connectivity index (χ0n) is 59.9. The van der Waals surface area contributed by atoms with Gasteiger partial charge in [0, 0.05) is 77.5 Å². The molecule has 36 heteroatoms. The number of benzene rings is 4. The number of rotatable bonds is 20. The van der Waals surface area contributed by atoms with Crippen molar-refractivity contribution >= 4 is 47.7 Å². The van der Waals surface area contributed by atoms with Gasteiger partial charge in [0.05, 0.1) is 26.4 Å². The summed E-state index contributed by atoms with van der Waals surface area (Å²) in [6.07, 6.45) is -15.9. The van der Waals surface area contributed by atoms with Crippen LogP contribution in [-0.4, -0.2) is 145 Å². The van der Waals surface area contributed by atoms with Crippen molar-refractivity contribution in [1.29, 1.82) is 0 Å². The van der Waals surface area contributed by atoms with E-state index in [4.69, 9.17) is 104 Å². The predicted molar refractivity (Wildman–Crippen MR) is 370 cm³/mol. The van der Waals surface area contributed by atoms with Gasteiger partial charge in [-0.15, -0.1) is 0 Å². The number of hydrogen-bond acceptors (Lipinski definition) is 12. The zero-order valence-corrected chi connectivity index (χ0v) is 59.9. The molecular weight excluding hydrogens is 1400 g/mol. The number of carboxylic acids is 4. The maximum Gasteiger partial charge on any atom is 0.490 e. The van der Waals surface area contributed by atoms with Gasteiger partial charge in [-0.2, -0.15) is 52.7 Å². The molecule has 20 N–H and O–H groups in total. The topological polar surface area (TPSA) is 444 Å². The van der Waals surface area contributed by atoms with Gasteiger partial charge in [-0.05, 0) is 88.4 Å². The molecule has 0 radical (unpaired) electrons. The molecule has 0 saturated heterocycles. The number of aliphatic imine (C=N–C) groups is 4. The molecule has 5 rings (SSSR count). The lowest BCUT2D eigenvalue weighted by Crippen LogP contribution is -2.23. The number of nitrogens with zero attached hydrogens (tertiary/aromatic N) is 4. The Morgan fingerprint density at radius 3 is 0.529 bits per heavy atom. The first kappa shape index (κ1) is 92.2. The molecule has 1 aliphatic carbocycles. The second-order valence-electron chi connectivity index (χ2n) is 27.4. The third kappa shape index (κ3) is 34.0. The van der Waals surface area contributed by atoms with E-state index in [1.807, 2.05) is 0 Å². The largest absolute Gasteiger partial charge is 0.493 e. The summed E-state index contributed by atoms with van der Waals surface area (Å²) in [6, 6.07) is 18.5. The first-order valence-corrected chi connectivity index (χ1v) is 31.9. The van der Waals surface area contributed by atoms with Gasteiger partial charge in [0.2, 0.25) is 0 Å². The van der Waals surface area contributed by atoms with Crippen LogP contribution in [0.25, 0.3) is 0 Å². The highest BCUT2D eigenvalue weighted by Gasteiger charge is 2.41. The van der Waals surface area contributed by atoms with Crippen LogP contribution in [0.15, 0.2) is 68.5 Å². The Morgan fingerprint density at radius 2 is 0.433 bits per heavy atom. The molecule has 1 aliphatic rings. The van der Waals surface area contributed by atoms with E-state index < -0.39 is 48.6 Å². The summed E-state index contributed by atoms with van der Waals surface area (Å²) in [5, 5.41) is 28.5. The molecule has 0 saturated carbocycles. The normalized spacial score (nSPS) is 12.4. The zero-order chi connectivity index (χ0) is 80.5. The van der Waals surface area contributed by atoms with Gasteiger partial charge in [0.25, 0.3) is 0 Å². The first-order chi connectivity index (χ1) is 47.3. The van der Waals surface area contributed by atoms with Crippen molar-refractivity contribution in [3.05, 3.63) is 115 Å². The summed E-state index contributed by atoms with van der Waals surface area (Å²) in [4.78, 5) is 52.7. The molecule has 4 aromatic rings. The highest BCUT2D eigenvalue weighted by atomic mass is 19.4.